The predicted octanol–water partition coefficient (Wildman–Crippen LogP) is 3.62. The number of hydrogen-bond acceptors (Lipinski definition) is 1. The van der Waals surface area contributed by atoms with Crippen molar-refractivity contribution in [2.75, 3.05) is 7.05 Å². The van der Waals surface area contributed by atoms with E-state index in [1.165, 1.54) is 11.1 Å². The topological polar surface area (TPSA) is 12.0 Å². The Bertz CT molecular complexity index is 450. The molecule has 0 fully saturated rings. The molecule has 18 heavy (non-hydrogen) atoms. The Kier molecular flexibility index (Phi) is 4.54. The second kappa shape index (κ2) is 6.36. The highest BCUT2D eigenvalue weighted by molar-refractivity contribution is 5.23. The Morgan fingerprint density at radius 1 is 0.889 bits per heavy atom. The van der Waals surface area contributed by atoms with E-state index in [0.29, 0.717) is 12.0 Å². The average molecular weight is 239 g/mol. The maximum absolute atomic E-state index is 3.45. The van der Waals surface area contributed by atoms with Crippen LogP contribution < -0.4 is 5.32 Å². The van der Waals surface area contributed by atoms with Gasteiger partial charge in [-0.05, 0) is 30.5 Å². The summed E-state index contributed by atoms with van der Waals surface area (Å²) in [5.41, 5.74) is 2.78. The monoisotopic (exact) mass is 239 g/mol. The minimum absolute atomic E-state index is 0.467. The molecule has 0 aromatic heterocycles. The highest BCUT2D eigenvalue weighted by Crippen LogP contribution is 2.21. The molecule has 2 unspecified atom stereocenters. The highest BCUT2D eigenvalue weighted by atomic mass is 14.9. The van der Waals surface area contributed by atoms with Gasteiger partial charge in [-0.1, -0.05) is 67.6 Å². The van der Waals surface area contributed by atoms with Gasteiger partial charge in [0, 0.05) is 6.04 Å². The molecule has 94 valence electrons. The van der Waals surface area contributed by atoms with Crippen LogP contribution in [0.4, 0.5) is 0 Å². The van der Waals surface area contributed by atoms with E-state index in [0.717, 1.165) is 6.42 Å². The minimum atomic E-state index is 0.467. The molecule has 0 saturated carbocycles. The van der Waals surface area contributed by atoms with E-state index in [9.17, 15) is 0 Å². The second-order valence-corrected chi connectivity index (χ2v) is 4.78. The maximum Gasteiger partial charge on any atom is 0.0170 e. The highest BCUT2D eigenvalue weighted by Gasteiger charge is 2.17. The summed E-state index contributed by atoms with van der Waals surface area (Å²) in [6.45, 7) is 2.29. The molecule has 2 aromatic rings. The van der Waals surface area contributed by atoms with Crippen molar-refractivity contribution < 1.29 is 0 Å². The van der Waals surface area contributed by atoms with Gasteiger partial charge >= 0.3 is 0 Å². The second-order valence-electron chi connectivity index (χ2n) is 4.78. The molecular weight excluding hydrogens is 218 g/mol. The smallest absolute Gasteiger partial charge is 0.0170 e. The van der Waals surface area contributed by atoms with Crippen molar-refractivity contribution in [3.63, 3.8) is 0 Å². The largest absolute Gasteiger partial charge is 0.316 e. The number of likely N-dealkylation sites (N-methyl/N-ethyl adjacent to an activating group) is 1. The van der Waals surface area contributed by atoms with Crippen molar-refractivity contribution in [3.8, 4) is 0 Å². The zero-order valence-corrected chi connectivity index (χ0v) is 11.1. The molecule has 2 aromatic carbocycles. The molecular formula is C17H21N. The molecule has 0 saturated heterocycles. The quantitative estimate of drug-likeness (QED) is 0.840. The molecule has 0 amide bonds. The molecule has 0 aliphatic heterocycles. The molecule has 1 N–H and O–H groups in total. The van der Waals surface area contributed by atoms with Crippen LogP contribution in [0.1, 0.15) is 24.0 Å². The summed E-state index contributed by atoms with van der Waals surface area (Å²) < 4.78 is 0. The van der Waals surface area contributed by atoms with Gasteiger partial charge < -0.3 is 5.32 Å². The predicted molar refractivity (Wildman–Crippen MR) is 77.9 cm³/mol. The number of hydrogen-bond donors (Lipinski definition) is 1. The van der Waals surface area contributed by atoms with Crippen LogP contribution in [0.25, 0.3) is 0 Å². The van der Waals surface area contributed by atoms with Crippen LogP contribution in [0.3, 0.4) is 0 Å². The first-order chi connectivity index (χ1) is 8.81. The molecule has 2 rings (SSSR count). The minimum Gasteiger partial charge on any atom is -0.316 e. The SMILES string of the molecule is CNC(Cc1ccccc1)C(C)c1ccccc1. The zero-order valence-electron chi connectivity index (χ0n) is 11.1. The number of nitrogens with one attached hydrogen (secondary N) is 1. The summed E-state index contributed by atoms with van der Waals surface area (Å²) in [5, 5.41) is 3.45. The van der Waals surface area contributed by atoms with Gasteiger partial charge in [-0.3, -0.25) is 0 Å². The fourth-order valence-corrected chi connectivity index (χ4v) is 2.39. The number of rotatable bonds is 5. The molecule has 1 heteroatoms. The Hall–Kier alpha value is -1.60. The van der Waals surface area contributed by atoms with Crippen molar-refractivity contribution in [1.82, 2.24) is 5.32 Å². The van der Waals surface area contributed by atoms with Crippen LogP contribution in [-0.2, 0) is 6.42 Å². The van der Waals surface area contributed by atoms with Crippen LogP contribution in [0, 0.1) is 0 Å². The normalized spacial score (nSPS) is 14.1. The third kappa shape index (κ3) is 3.21. The molecule has 0 bridgehead atoms. The van der Waals surface area contributed by atoms with Crippen LogP contribution in [-0.4, -0.2) is 13.1 Å². The third-order valence-corrected chi connectivity index (χ3v) is 3.60. The fraction of sp³-hybridized carbons (Fsp3) is 0.294. The van der Waals surface area contributed by atoms with Crippen LogP contribution in [0.15, 0.2) is 60.7 Å². The van der Waals surface area contributed by atoms with Crippen molar-refractivity contribution in [1.29, 1.82) is 0 Å². The average Bonchev–Trinajstić information content (AvgIpc) is 2.46. The number of benzene rings is 2. The van der Waals surface area contributed by atoms with E-state index >= 15 is 0 Å². The summed E-state index contributed by atoms with van der Waals surface area (Å²) in [4.78, 5) is 0. The molecule has 0 spiro atoms. The van der Waals surface area contributed by atoms with Gasteiger partial charge in [0.05, 0.1) is 0 Å². The van der Waals surface area contributed by atoms with E-state index < -0.39 is 0 Å². The van der Waals surface area contributed by atoms with E-state index in [1.54, 1.807) is 0 Å². The van der Waals surface area contributed by atoms with E-state index in [2.05, 4.69) is 72.9 Å². The molecule has 0 aliphatic carbocycles. The standard InChI is InChI=1S/C17H21N/c1-14(16-11-7-4-8-12-16)17(18-2)13-15-9-5-3-6-10-15/h3-12,14,17-18H,13H2,1-2H3. The molecule has 0 heterocycles. The van der Waals surface area contributed by atoms with Gasteiger partial charge in [-0.2, -0.15) is 0 Å². The van der Waals surface area contributed by atoms with Gasteiger partial charge in [-0.25, -0.2) is 0 Å². The van der Waals surface area contributed by atoms with Crippen molar-refractivity contribution >= 4 is 0 Å². The Labute approximate surface area is 110 Å². The Balaban J connectivity index is 2.09. The first kappa shape index (κ1) is 12.8. The van der Waals surface area contributed by atoms with Crippen molar-refractivity contribution in [2.24, 2.45) is 0 Å². The lowest BCUT2D eigenvalue weighted by Crippen LogP contribution is -2.32. The van der Waals surface area contributed by atoms with Crippen molar-refractivity contribution in [3.05, 3.63) is 71.8 Å². The lowest BCUT2D eigenvalue weighted by atomic mass is 9.89. The summed E-state index contributed by atoms with van der Waals surface area (Å²) in [5.74, 6) is 0.511. The van der Waals surface area contributed by atoms with Gasteiger partial charge in [-0.15, -0.1) is 0 Å². The summed E-state index contributed by atoms with van der Waals surface area (Å²) in [6.07, 6.45) is 1.06. The van der Waals surface area contributed by atoms with Gasteiger partial charge in [0.25, 0.3) is 0 Å². The molecule has 0 radical (unpaired) electrons. The maximum atomic E-state index is 3.45. The lowest BCUT2D eigenvalue weighted by Gasteiger charge is -2.24. The lowest BCUT2D eigenvalue weighted by molar-refractivity contribution is 0.483. The van der Waals surface area contributed by atoms with Crippen molar-refractivity contribution in [2.45, 2.75) is 25.3 Å². The first-order valence-corrected chi connectivity index (χ1v) is 6.57. The van der Waals surface area contributed by atoms with Crippen LogP contribution in [0.5, 0.6) is 0 Å². The zero-order chi connectivity index (χ0) is 12.8. The Morgan fingerprint density at radius 3 is 2.00 bits per heavy atom. The van der Waals surface area contributed by atoms with Gasteiger partial charge in [0.2, 0.25) is 0 Å². The first-order valence-electron chi connectivity index (χ1n) is 6.57. The molecule has 2 atom stereocenters. The molecule has 0 aliphatic rings. The fourth-order valence-electron chi connectivity index (χ4n) is 2.39. The van der Waals surface area contributed by atoms with Crippen LogP contribution in [0.2, 0.25) is 0 Å². The van der Waals surface area contributed by atoms with E-state index in [-0.39, 0.29) is 0 Å². The molecule has 1 nitrogen and oxygen atoms in total. The van der Waals surface area contributed by atoms with E-state index in [4.69, 9.17) is 0 Å². The van der Waals surface area contributed by atoms with Gasteiger partial charge in [0.1, 0.15) is 0 Å². The summed E-state index contributed by atoms with van der Waals surface area (Å²) in [7, 11) is 2.05. The summed E-state index contributed by atoms with van der Waals surface area (Å²) >= 11 is 0. The van der Waals surface area contributed by atoms with Crippen LogP contribution >= 0.6 is 0 Å². The Morgan fingerprint density at radius 2 is 1.44 bits per heavy atom. The summed E-state index contributed by atoms with van der Waals surface area (Å²) in [6, 6.07) is 21.9. The third-order valence-electron chi connectivity index (χ3n) is 3.60. The van der Waals surface area contributed by atoms with Gasteiger partial charge in [0.15, 0.2) is 0 Å². The van der Waals surface area contributed by atoms with E-state index in [1.807, 2.05) is 7.05 Å².